The monoisotopic (exact) mass is 367 g/mol. The lowest BCUT2D eigenvalue weighted by Gasteiger charge is -2.37. The van der Waals surface area contributed by atoms with E-state index in [2.05, 4.69) is 53.6 Å². The second-order valence-electron chi connectivity index (χ2n) is 6.62. The van der Waals surface area contributed by atoms with Gasteiger partial charge in [0.15, 0.2) is 5.96 Å². The lowest BCUT2D eigenvalue weighted by atomic mass is 10.0. The molecule has 142 valence electrons. The number of hydrogen-bond donors (Lipinski definition) is 2. The van der Waals surface area contributed by atoms with Crippen LogP contribution in [0.25, 0.3) is 0 Å². The molecular weight excluding hydrogens is 334 g/mol. The Kier molecular flexibility index (Phi) is 8.64. The second-order valence-corrected chi connectivity index (χ2v) is 7.56. The maximum Gasteiger partial charge on any atom is 0.191 e. The fourth-order valence-corrected chi connectivity index (χ4v) is 3.72. The lowest BCUT2D eigenvalue weighted by Crippen LogP contribution is -2.52. The Morgan fingerprint density at radius 1 is 1.32 bits per heavy atom. The van der Waals surface area contributed by atoms with Crippen molar-refractivity contribution >= 4 is 17.3 Å². The largest absolute Gasteiger partial charge is 0.379 e. The van der Waals surface area contributed by atoms with E-state index in [1.54, 1.807) is 11.3 Å². The fraction of sp³-hybridized carbons (Fsp3) is 0.778. The molecule has 0 amide bonds. The standard InChI is InChI=1S/C18H33N5OS/c1-5-17-22-15(13-25-17)11-20-18(19-6-2)21-12-16(14(3)4)23-7-9-24-10-8-23/h13-14,16H,5-12H2,1-4H3,(H2,19,20,21). The number of nitrogens with zero attached hydrogens (tertiary/aromatic N) is 3. The van der Waals surface area contributed by atoms with Gasteiger partial charge < -0.3 is 15.4 Å². The lowest BCUT2D eigenvalue weighted by molar-refractivity contribution is 0.00752. The van der Waals surface area contributed by atoms with E-state index in [1.807, 2.05) is 0 Å². The molecular formula is C18H33N5OS. The van der Waals surface area contributed by atoms with E-state index < -0.39 is 0 Å². The minimum Gasteiger partial charge on any atom is -0.379 e. The van der Waals surface area contributed by atoms with Gasteiger partial charge in [-0.25, -0.2) is 9.98 Å². The number of aryl methyl sites for hydroxylation is 1. The number of thiazole rings is 1. The molecule has 2 heterocycles. The van der Waals surface area contributed by atoms with Crippen LogP contribution in [-0.2, 0) is 17.7 Å². The summed E-state index contributed by atoms with van der Waals surface area (Å²) >= 11 is 1.72. The summed E-state index contributed by atoms with van der Waals surface area (Å²) in [6, 6.07) is 0.485. The first-order valence-electron chi connectivity index (χ1n) is 9.41. The van der Waals surface area contributed by atoms with Crippen LogP contribution in [0.2, 0.25) is 0 Å². The predicted molar refractivity (Wildman–Crippen MR) is 105 cm³/mol. The average Bonchev–Trinajstić information content (AvgIpc) is 3.08. The van der Waals surface area contributed by atoms with E-state index in [0.29, 0.717) is 18.5 Å². The molecule has 0 radical (unpaired) electrons. The first-order chi connectivity index (χ1) is 12.1. The highest BCUT2D eigenvalue weighted by molar-refractivity contribution is 7.09. The second kappa shape index (κ2) is 10.7. The molecule has 6 nitrogen and oxygen atoms in total. The summed E-state index contributed by atoms with van der Waals surface area (Å²) in [6.07, 6.45) is 0.988. The van der Waals surface area contributed by atoms with Crippen LogP contribution in [0.3, 0.4) is 0 Å². The van der Waals surface area contributed by atoms with Crippen LogP contribution in [-0.4, -0.2) is 61.3 Å². The van der Waals surface area contributed by atoms with Crippen LogP contribution >= 0.6 is 11.3 Å². The highest BCUT2D eigenvalue weighted by Gasteiger charge is 2.23. The molecule has 0 saturated carbocycles. The topological polar surface area (TPSA) is 61.8 Å². The van der Waals surface area contributed by atoms with Gasteiger partial charge >= 0.3 is 0 Å². The molecule has 2 N–H and O–H groups in total. The Balaban J connectivity index is 1.92. The molecule has 1 aromatic rings. The Bertz CT molecular complexity index is 525. The van der Waals surface area contributed by atoms with Crippen LogP contribution < -0.4 is 10.6 Å². The van der Waals surface area contributed by atoms with Gasteiger partial charge in [0.2, 0.25) is 0 Å². The smallest absolute Gasteiger partial charge is 0.191 e. The van der Waals surface area contributed by atoms with Crippen LogP contribution in [0.15, 0.2) is 10.4 Å². The van der Waals surface area contributed by atoms with E-state index in [9.17, 15) is 0 Å². The fourth-order valence-electron chi connectivity index (χ4n) is 2.98. The first-order valence-corrected chi connectivity index (χ1v) is 10.3. The molecule has 1 aliphatic heterocycles. The zero-order chi connectivity index (χ0) is 18.1. The third kappa shape index (κ3) is 6.56. The van der Waals surface area contributed by atoms with Gasteiger partial charge in [-0.05, 0) is 19.3 Å². The summed E-state index contributed by atoms with van der Waals surface area (Å²) < 4.78 is 5.49. The van der Waals surface area contributed by atoms with Gasteiger partial charge in [-0.15, -0.1) is 11.3 Å². The molecule has 1 aromatic heterocycles. The summed E-state index contributed by atoms with van der Waals surface area (Å²) in [6.45, 7) is 14.9. The Morgan fingerprint density at radius 2 is 2.08 bits per heavy atom. The van der Waals surface area contributed by atoms with Crippen molar-refractivity contribution in [1.29, 1.82) is 0 Å². The van der Waals surface area contributed by atoms with Crippen LogP contribution in [0.5, 0.6) is 0 Å². The predicted octanol–water partition coefficient (Wildman–Crippen LogP) is 2.12. The van der Waals surface area contributed by atoms with Crippen molar-refractivity contribution in [2.24, 2.45) is 10.9 Å². The third-order valence-electron chi connectivity index (χ3n) is 4.41. The molecule has 1 unspecified atom stereocenters. The van der Waals surface area contributed by atoms with Gasteiger partial charge in [0.05, 0.1) is 30.5 Å². The number of nitrogens with one attached hydrogen (secondary N) is 2. The van der Waals surface area contributed by atoms with E-state index in [-0.39, 0.29) is 0 Å². The van der Waals surface area contributed by atoms with E-state index in [0.717, 1.165) is 57.5 Å². The van der Waals surface area contributed by atoms with Crippen molar-refractivity contribution in [2.45, 2.75) is 46.7 Å². The quantitative estimate of drug-likeness (QED) is 0.544. The summed E-state index contributed by atoms with van der Waals surface area (Å²) in [4.78, 5) is 11.8. The highest BCUT2D eigenvalue weighted by Crippen LogP contribution is 2.13. The number of morpholine rings is 1. The minimum absolute atomic E-state index is 0.485. The average molecular weight is 368 g/mol. The van der Waals surface area contributed by atoms with E-state index in [4.69, 9.17) is 9.73 Å². The maximum absolute atomic E-state index is 5.49. The minimum atomic E-state index is 0.485. The molecule has 0 aromatic carbocycles. The van der Waals surface area contributed by atoms with Gasteiger partial charge in [-0.3, -0.25) is 4.90 Å². The van der Waals surface area contributed by atoms with Gasteiger partial charge in [-0.1, -0.05) is 20.8 Å². The Morgan fingerprint density at radius 3 is 2.68 bits per heavy atom. The van der Waals surface area contributed by atoms with E-state index in [1.165, 1.54) is 5.01 Å². The molecule has 1 atom stereocenters. The van der Waals surface area contributed by atoms with Crippen molar-refractivity contribution in [2.75, 3.05) is 39.4 Å². The zero-order valence-electron chi connectivity index (χ0n) is 16.0. The highest BCUT2D eigenvalue weighted by atomic mass is 32.1. The number of rotatable bonds is 8. The molecule has 0 aliphatic carbocycles. The van der Waals surface area contributed by atoms with Crippen molar-refractivity contribution in [3.8, 4) is 0 Å². The van der Waals surface area contributed by atoms with Crippen molar-refractivity contribution < 1.29 is 4.74 Å². The van der Waals surface area contributed by atoms with E-state index >= 15 is 0 Å². The normalized spacial score (nSPS) is 17.7. The number of guanidine groups is 1. The van der Waals surface area contributed by atoms with Crippen LogP contribution in [0.1, 0.15) is 38.4 Å². The molecule has 2 rings (SSSR count). The SMILES string of the molecule is CCNC(=NCc1csc(CC)n1)NCC(C(C)C)N1CCOCC1. The number of ether oxygens (including phenoxy) is 1. The number of aliphatic imine (C=N–C) groups is 1. The van der Waals surface area contributed by atoms with Crippen LogP contribution in [0, 0.1) is 5.92 Å². The summed E-state index contributed by atoms with van der Waals surface area (Å²) in [7, 11) is 0. The molecule has 1 fully saturated rings. The summed E-state index contributed by atoms with van der Waals surface area (Å²) in [5, 5.41) is 10.1. The third-order valence-corrected chi connectivity index (χ3v) is 5.45. The zero-order valence-corrected chi connectivity index (χ0v) is 16.9. The Labute approximate surface area is 156 Å². The molecule has 0 bridgehead atoms. The molecule has 25 heavy (non-hydrogen) atoms. The van der Waals surface area contributed by atoms with Gasteiger partial charge in [-0.2, -0.15) is 0 Å². The summed E-state index contributed by atoms with van der Waals surface area (Å²) in [5.41, 5.74) is 1.05. The van der Waals surface area contributed by atoms with Gasteiger partial charge in [0.1, 0.15) is 0 Å². The number of aromatic nitrogens is 1. The first kappa shape index (κ1) is 20.1. The van der Waals surface area contributed by atoms with Gasteiger partial charge in [0, 0.05) is 37.6 Å². The summed E-state index contributed by atoms with van der Waals surface area (Å²) in [5.74, 6) is 1.45. The molecule has 1 aliphatic rings. The number of hydrogen-bond acceptors (Lipinski definition) is 5. The molecule has 7 heteroatoms. The maximum atomic E-state index is 5.49. The molecule has 1 saturated heterocycles. The van der Waals surface area contributed by atoms with Crippen molar-refractivity contribution in [3.63, 3.8) is 0 Å². The Hall–Kier alpha value is -1.18. The van der Waals surface area contributed by atoms with Crippen LogP contribution in [0.4, 0.5) is 0 Å². The van der Waals surface area contributed by atoms with Crippen molar-refractivity contribution in [1.82, 2.24) is 20.5 Å². The van der Waals surface area contributed by atoms with Crippen molar-refractivity contribution in [3.05, 3.63) is 16.1 Å². The molecule has 0 spiro atoms. The van der Waals surface area contributed by atoms with Gasteiger partial charge in [0.25, 0.3) is 0 Å².